The minimum Gasteiger partial charge on any atom is -0.355 e. The molecule has 1 saturated carbocycles. The lowest BCUT2D eigenvalue weighted by Gasteiger charge is -2.31. The fraction of sp³-hybridized carbons (Fsp3) is 0.722. The van der Waals surface area contributed by atoms with Crippen LogP contribution in [0.1, 0.15) is 62.1 Å². The van der Waals surface area contributed by atoms with Gasteiger partial charge in [-0.05, 0) is 32.1 Å². The normalized spacial score (nSPS) is 20.9. The summed E-state index contributed by atoms with van der Waals surface area (Å²) in [4.78, 5) is 30.5. The zero-order chi connectivity index (χ0) is 16.9. The summed E-state index contributed by atoms with van der Waals surface area (Å²) in [7, 11) is 0. The monoisotopic (exact) mass is 349 g/mol. The topological polar surface area (TPSA) is 62.3 Å². The lowest BCUT2D eigenvalue weighted by molar-refractivity contribution is -0.132. The predicted molar refractivity (Wildman–Crippen MR) is 95.0 cm³/mol. The Morgan fingerprint density at radius 1 is 1.38 bits per heavy atom. The molecule has 6 heteroatoms. The molecule has 5 nitrogen and oxygen atoms in total. The number of rotatable bonds is 7. The number of likely N-dealkylation sites (tertiary alicyclic amines) is 1. The van der Waals surface area contributed by atoms with Crippen molar-refractivity contribution in [2.24, 2.45) is 5.92 Å². The van der Waals surface area contributed by atoms with E-state index in [0.717, 1.165) is 62.3 Å². The van der Waals surface area contributed by atoms with E-state index < -0.39 is 0 Å². The smallest absolute Gasteiger partial charge is 0.223 e. The quantitative estimate of drug-likeness (QED) is 0.823. The van der Waals surface area contributed by atoms with Crippen LogP contribution in [-0.4, -0.2) is 41.3 Å². The Hall–Kier alpha value is -1.43. The van der Waals surface area contributed by atoms with E-state index in [1.54, 1.807) is 11.3 Å². The van der Waals surface area contributed by atoms with Gasteiger partial charge in [0, 0.05) is 49.7 Å². The van der Waals surface area contributed by atoms with Gasteiger partial charge in [0.25, 0.3) is 0 Å². The van der Waals surface area contributed by atoms with Crippen LogP contribution in [0.3, 0.4) is 0 Å². The molecule has 0 radical (unpaired) electrons. The maximum absolute atomic E-state index is 12.1. The van der Waals surface area contributed by atoms with Gasteiger partial charge in [-0.1, -0.05) is 6.92 Å². The second-order valence-electron chi connectivity index (χ2n) is 6.92. The van der Waals surface area contributed by atoms with E-state index in [4.69, 9.17) is 4.98 Å². The maximum Gasteiger partial charge on any atom is 0.223 e. The molecule has 0 unspecified atom stereocenters. The summed E-state index contributed by atoms with van der Waals surface area (Å²) < 4.78 is 0. The number of aromatic nitrogens is 1. The van der Waals surface area contributed by atoms with Crippen molar-refractivity contribution in [1.82, 2.24) is 15.2 Å². The van der Waals surface area contributed by atoms with Crippen molar-refractivity contribution in [3.63, 3.8) is 0 Å². The van der Waals surface area contributed by atoms with Crippen molar-refractivity contribution >= 4 is 23.2 Å². The second-order valence-corrected chi connectivity index (χ2v) is 7.81. The average Bonchev–Trinajstić information content (AvgIpc) is 3.34. The Morgan fingerprint density at radius 2 is 2.21 bits per heavy atom. The minimum absolute atomic E-state index is 0.197. The molecule has 1 N–H and O–H groups in total. The van der Waals surface area contributed by atoms with Gasteiger partial charge < -0.3 is 10.2 Å². The van der Waals surface area contributed by atoms with Gasteiger partial charge in [-0.3, -0.25) is 9.59 Å². The molecule has 1 saturated heterocycles. The lowest BCUT2D eigenvalue weighted by Crippen LogP contribution is -2.38. The van der Waals surface area contributed by atoms with Crippen molar-refractivity contribution in [2.45, 2.75) is 57.8 Å². The van der Waals surface area contributed by atoms with Crippen molar-refractivity contribution < 1.29 is 9.59 Å². The first kappa shape index (κ1) is 17.4. The Kier molecular flexibility index (Phi) is 5.87. The zero-order valence-corrected chi connectivity index (χ0v) is 15.2. The largest absolute Gasteiger partial charge is 0.355 e. The first-order valence-electron chi connectivity index (χ1n) is 9.17. The van der Waals surface area contributed by atoms with Crippen LogP contribution in [0.2, 0.25) is 0 Å². The predicted octanol–water partition coefficient (Wildman–Crippen LogP) is 2.72. The molecule has 2 heterocycles. The molecule has 2 aliphatic rings. The number of hydrogen-bond donors (Lipinski definition) is 1. The molecule has 0 bridgehead atoms. The SMILES string of the molecule is CCCC(=O)N1CCC[C@H](c2nc(CCNC(=O)C3CC3)cs2)C1. The van der Waals surface area contributed by atoms with Crippen LogP contribution in [0.25, 0.3) is 0 Å². The summed E-state index contributed by atoms with van der Waals surface area (Å²) in [5, 5.41) is 6.24. The van der Waals surface area contributed by atoms with Crippen LogP contribution in [-0.2, 0) is 16.0 Å². The van der Waals surface area contributed by atoms with Gasteiger partial charge in [0.15, 0.2) is 0 Å². The molecule has 2 amide bonds. The first-order valence-corrected chi connectivity index (χ1v) is 10.0. The van der Waals surface area contributed by atoms with Crippen LogP contribution >= 0.6 is 11.3 Å². The van der Waals surface area contributed by atoms with Gasteiger partial charge in [0.05, 0.1) is 10.7 Å². The Balaban J connectivity index is 1.48. The summed E-state index contributed by atoms with van der Waals surface area (Å²) >= 11 is 1.70. The summed E-state index contributed by atoms with van der Waals surface area (Å²) in [6.07, 6.45) is 6.61. The summed E-state index contributed by atoms with van der Waals surface area (Å²) in [6.45, 7) is 4.42. The van der Waals surface area contributed by atoms with E-state index in [9.17, 15) is 9.59 Å². The van der Waals surface area contributed by atoms with Crippen LogP contribution in [0.5, 0.6) is 0 Å². The number of amides is 2. The molecule has 0 spiro atoms. The second kappa shape index (κ2) is 8.10. The number of piperidine rings is 1. The van der Waals surface area contributed by atoms with E-state index in [1.807, 2.05) is 4.90 Å². The molecule has 2 fully saturated rings. The standard InChI is InChI=1S/C18H27N3O2S/c1-2-4-16(22)21-10-3-5-14(11-21)18-20-15(12-24-18)8-9-19-17(23)13-6-7-13/h12-14H,2-11H2,1H3,(H,19,23)/t14-/m0/s1. The fourth-order valence-corrected chi connectivity index (χ4v) is 4.19. The Morgan fingerprint density at radius 3 is 2.96 bits per heavy atom. The van der Waals surface area contributed by atoms with Crippen molar-refractivity contribution in [2.75, 3.05) is 19.6 Å². The van der Waals surface area contributed by atoms with Gasteiger partial charge in [-0.2, -0.15) is 0 Å². The molecule has 132 valence electrons. The highest BCUT2D eigenvalue weighted by Crippen LogP contribution is 2.30. The highest BCUT2D eigenvalue weighted by molar-refractivity contribution is 7.09. The molecule has 1 atom stereocenters. The average molecular weight is 350 g/mol. The molecule has 0 aromatic carbocycles. The van der Waals surface area contributed by atoms with Crippen LogP contribution in [0.15, 0.2) is 5.38 Å². The van der Waals surface area contributed by atoms with Crippen LogP contribution in [0.4, 0.5) is 0 Å². The van der Waals surface area contributed by atoms with Gasteiger partial charge in [0.1, 0.15) is 0 Å². The number of carbonyl (C=O) groups is 2. The van der Waals surface area contributed by atoms with Crippen molar-refractivity contribution in [3.05, 3.63) is 16.1 Å². The van der Waals surface area contributed by atoms with Gasteiger partial charge >= 0.3 is 0 Å². The number of thiazole rings is 1. The number of nitrogens with one attached hydrogen (secondary N) is 1. The summed E-state index contributed by atoms with van der Waals surface area (Å²) in [5.74, 6) is 1.12. The van der Waals surface area contributed by atoms with Crippen molar-refractivity contribution in [1.29, 1.82) is 0 Å². The van der Waals surface area contributed by atoms with Gasteiger partial charge in [-0.15, -0.1) is 11.3 Å². The zero-order valence-electron chi connectivity index (χ0n) is 14.4. The third-order valence-corrected chi connectivity index (χ3v) is 5.84. The lowest BCUT2D eigenvalue weighted by atomic mass is 9.98. The van der Waals surface area contributed by atoms with Crippen LogP contribution in [0, 0.1) is 5.92 Å². The van der Waals surface area contributed by atoms with Crippen molar-refractivity contribution in [3.8, 4) is 0 Å². The maximum atomic E-state index is 12.1. The third-order valence-electron chi connectivity index (χ3n) is 4.79. The molecule has 1 aromatic rings. The van der Waals surface area contributed by atoms with E-state index >= 15 is 0 Å². The Labute approximate surface area is 147 Å². The van der Waals surface area contributed by atoms with Crippen LogP contribution < -0.4 is 5.32 Å². The van der Waals surface area contributed by atoms with E-state index in [0.29, 0.717) is 18.9 Å². The fourth-order valence-electron chi connectivity index (χ4n) is 3.21. The van der Waals surface area contributed by atoms with E-state index in [2.05, 4.69) is 17.6 Å². The third kappa shape index (κ3) is 4.56. The minimum atomic E-state index is 0.197. The highest BCUT2D eigenvalue weighted by Gasteiger charge is 2.29. The molecule has 24 heavy (non-hydrogen) atoms. The molecular formula is C18H27N3O2S. The number of hydrogen-bond acceptors (Lipinski definition) is 4. The van der Waals surface area contributed by atoms with E-state index in [-0.39, 0.29) is 17.7 Å². The van der Waals surface area contributed by atoms with Gasteiger partial charge in [-0.25, -0.2) is 4.98 Å². The van der Waals surface area contributed by atoms with E-state index in [1.165, 1.54) is 0 Å². The first-order chi connectivity index (χ1) is 11.7. The Bertz CT molecular complexity index is 583. The highest BCUT2D eigenvalue weighted by atomic mass is 32.1. The summed E-state index contributed by atoms with van der Waals surface area (Å²) in [6, 6.07) is 0. The van der Waals surface area contributed by atoms with Gasteiger partial charge in [0.2, 0.25) is 11.8 Å². The molecule has 3 rings (SSSR count). The summed E-state index contributed by atoms with van der Waals surface area (Å²) in [5.41, 5.74) is 1.06. The molecule has 1 aromatic heterocycles. The number of nitrogens with zero attached hydrogens (tertiary/aromatic N) is 2. The molecule has 1 aliphatic heterocycles. The molecular weight excluding hydrogens is 322 g/mol. The molecule has 1 aliphatic carbocycles. The number of carbonyl (C=O) groups excluding carboxylic acids is 2.